The Bertz CT molecular complexity index is 1030. The number of hydrogen-bond acceptors (Lipinski definition) is 3. The van der Waals surface area contributed by atoms with E-state index in [9.17, 15) is 18.0 Å². The summed E-state index contributed by atoms with van der Waals surface area (Å²) in [6, 6.07) is 8.69. The highest BCUT2D eigenvalue weighted by molar-refractivity contribution is 6.05. The van der Waals surface area contributed by atoms with Crippen LogP contribution in [0.4, 0.5) is 18.9 Å². The van der Waals surface area contributed by atoms with Crippen molar-refractivity contribution in [2.24, 2.45) is 0 Å². The number of aromatic nitrogens is 2. The van der Waals surface area contributed by atoms with E-state index < -0.39 is 17.5 Å². The summed E-state index contributed by atoms with van der Waals surface area (Å²) in [7, 11) is 0. The summed E-state index contributed by atoms with van der Waals surface area (Å²) in [6.45, 7) is 1.58. The van der Waals surface area contributed by atoms with Crippen molar-refractivity contribution in [3.05, 3.63) is 77.4 Å². The van der Waals surface area contributed by atoms with E-state index in [1.807, 2.05) is 0 Å². The molecule has 8 heteroatoms. The number of nitrogens with zero attached hydrogens (tertiary/aromatic N) is 2. The summed E-state index contributed by atoms with van der Waals surface area (Å²) < 4.78 is 42.4. The van der Waals surface area contributed by atoms with E-state index in [1.54, 1.807) is 16.8 Å². The Morgan fingerprint density at radius 2 is 1.72 bits per heavy atom. The summed E-state index contributed by atoms with van der Waals surface area (Å²) >= 11 is 0. The minimum Gasteiger partial charge on any atom is -0.319 e. The van der Waals surface area contributed by atoms with Gasteiger partial charge in [0.1, 0.15) is 17.5 Å². The number of nitrogens with one attached hydrogen (secondary N) is 2. The maximum atomic E-state index is 14.0. The lowest BCUT2D eigenvalue weighted by Gasteiger charge is -2.24. The molecule has 4 rings (SSSR count). The molecule has 0 saturated carbocycles. The number of halogens is 3. The van der Waals surface area contributed by atoms with Gasteiger partial charge in [0.2, 0.25) is 0 Å². The molecule has 2 aromatic carbocycles. The Balaban J connectivity index is 1.73. The van der Waals surface area contributed by atoms with Gasteiger partial charge in [0.05, 0.1) is 28.8 Å². The van der Waals surface area contributed by atoms with Crippen LogP contribution in [0.1, 0.15) is 34.8 Å². The Kier molecular flexibility index (Phi) is 5.35. The van der Waals surface area contributed by atoms with Crippen LogP contribution in [0.3, 0.4) is 0 Å². The molecule has 1 aliphatic heterocycles. The van der Waals surface area contributed by atoms with Crippen molar-refractivity contribution in [1.82, 2.24) is 15.1 Å². The molecule has 1 amide bonds. The van der Waals surface area contributed by atoms with Gasteiger partial charge in [-0.3, -0.25) is 4.79 Å². The molecular weight excluding hydrogens is 381 g/mol. The smallest absolute Gasteiger partial charge is 0.259 e. The van der Waals surface area contributed by atoms with E-state index in [1.165, 1.54) is 18.3 Å². The molecule has 0 atom stereocenters. The van der Waals surface area contributed by atoms with Crippen LogP contribution in [-0.4, -0.2) is 28.8 Å². The van der Waals surface area contributed by atoms with E-state index >= 15 is 0 Å². The average Bonchev–Trinajstić information content (AvgIpc) is 3.17. The summed E-state index contributed by atoms with van der Waals surface area (Å²) in [5.74, 6) is -2.28. The third-order valence-corrected chi connectivity index (χ3v) is 5.02. The predicted molar refractivity (Wildman–Crippen MR) is 103 cm³/mol. The van der Waals surface area contributed by atoms with Crippen LogP contribution < -0.4 is 10.6 Å². The average molecular weight is 400 g/mol. The topological polar surface area (TPSA) is 59.0 Å². The zero-order chi connectivity index (χ0) is 20.4. The number of anilines is 1. The fourth-order valence-corrected chi connectivity index (χ4v) is 3.59. The molecule has 1 saturated heterocycles. The second-order valence-electron chi connectivity index (χ2n) is 6.93. The van der Waals surface area contributed by atoms with Gasteiger partial charge in [-0.2, -0.15) is 5.10 Å². The van der Waals surface area contributed by atoms with Crippen LogP contribution in [0.5, 0.6) is 0 Å². The SMILES string of the molecule is O=C(Nc1cc(F)ccc1F)c1cnn(-c2ccc(F)cc2)c1C1CCNCC1. The van der Waals surface area contributed by atoms with E-state index in [-0.39, 0.29) is 23.0 Å². The molecule has 2 heterocycles. The van der Waals surface area contributed by atoms with Gasteiger partial charge >= 0.3 is 0 Å². The van der Waals surface area contributed by atoms with Crippen molar-refractivity contribution in [1.29, 1.82) is 0 Å². The second kappa shape index (κ2) is 8.08. The van der Waals surface area contributed by atoms with Gasteiger partial charge in [-0.1, -0.05) is 0 Å². The Morgan fingerprint density at radius 3 is 2.45 bits per heavy atom. The van der Waals surface area contributed by atoms with Crippen molar-refractivity contribution in [2.75, 3.05) is 18.4 Å². The molecule has 0 aliphatic carbocycles. The third-order valence-electron chi connectivity index (χ3n) is 5.02. The lowest BCUT2D eigenvalue weighted by atomic mass is 9.91. The van der Waals surface area contributed by atoms with Crippen molar-refractivity contribution in [3.8, 4) is 5.69 Å². The van der Waals surface area contributed by atoms with Gasteiger partial charge in [0.15, 0.2) is 0 Å². The lowest BCUT2D eigenvalue weighted by Crippen LogP contribution is -2.29. The van der Waals surface area contributed by atoms with Gasteiger partial charge in [-0.05, 0) is 62.3 Å². The number of carbonyl (C=O) groups excluding carboxylic acids is 1. The fraction of sp³-hybridized carbons (Fsp3) is 0.238. The van der Waals surface area contributed by atoms with Crippen molar-refractivity contribution in [3.63, 3.8) is 0 Å². The summed E-state index contributed by atoms with van der Waals surface area (Å²) in [6.07, 6.45) is 3.00. The Labute approximate surface area is 165 Å². The van der Waals surface area contributed by atoms with Crippen molar-refractivity contribution in [2.45, 2.75) is 18.8 Å². The molecule has 150 valence electrons. The quantitative estimate of drug-likeness (QED) is 0.696. The Morgan fingerprint density at radius 1 is 1.03 bits per heavy atom. The predicted octanol–water partition coefficient (Wildman–Crippen LogP) is 4.01. The molecule has 29 heavy (non-hydrogen) atoms. The van der Waals surface area contributed by atoms with Gasteiger partial charge in [-0.15, -0.1) is 0 Å². The zero-order valence-corrected chi connectivity index (χ0v) is 15.5. The highest BCUT2D eigenvalue weighted by atomic mass is 19.1. The summed E-state index contributed by atoms with van der Waals surface area (Å²) in [5, 5.41) is 10.1. The number of carbonyl (C=O) groups is 1. The molecule has 1 fully saturated rings. The van der Waals surface area contributed by atoms with E-state index in [0.717, 1.165) is 44.1 Å². The molecule has 0 radical (unpaired) electrons. The number of piperidine rings is 1. The fourth-order valence-electron chi connectivity index (χ4n) is 3.59. The number of benzene rings is 2. The molecular formula is C21H19F3N4O. The van der Waals surface area contributed by atoms with Crippen LogP contribution in [-0.2, 0) is 0 Å². The monoisotopic (exact) mass is 400 g/mol. The molecule has 0 spiro atoms. The summed E-state index contributed by atoms with van der Waals surface area (Å²) in [5.41, 5.74) is 1.34. The van der Waals surface area contributed by atoms with Gasteiger partial charge in [0, 0.05) is 12.0 Å². The van der Waals surface area contributed by atoms with Crippen LogP contribution in [0.15, 0.2) is 48.7 Å². The number of amides is 1. The van der Waals surface area contributed by atoms with Crippen LogP contribution in [0.25, 0.3) is 5.69 Å². The molecule has 3 aromatic rings. The standard InChI is InChI=1S/C21H19F3N4O/c22-14-1-4-16(5-2-14)28-20(13-7-9-25-10-8-13)17(12-26-28)21(29)27-19-11-15(23)3-6-18(19)24/h1-6,11-13,25H,7-10H2,(H,27,29). The highest BCUT2D eigenvalue weighted by Gasteiger charge is 2.27. The normalized spacial score (nSPS) is 14.7. The maximum Gasteiger partial charge on any atom is 0.259 e. The first-order chi connectivity index (χ1) is 14.0. The summed E-state index contributed by atoms with van der Waals surface area (Å²) in [4.78, 5) is 12.9. The third kappa shape index (κ3) is 4.02. The zero-order valence-electron chi connectivity index (χ0n) is 15.5. The van der Waals surface area contributed by atoms with Crippen LogP contribution in [0, 0.1) is 17.5 Å². The lowest BCUT2D eigenvalue weighted by molar-refractivity contribution is 0.102. The molecule has 2 N–H and O–H groups in total. The Hall–Kier alpha value is -3.13. The number of rotatable bonds is 4. The van der Waals surface area contributed by atoms with Crippen molar-refractivity contribution < 1.29 is 18.0 Å². The number of hydrogen-bond donors (Lipinski definition) is 2. The molecule has 1 aromatic heterocycles. The molecule has 5 nitrogen and oxygen atoms in total. The minimum absolute atomic E-state index is 0.0434. The second-order valence-corrected chi connectivity index (χ2v) is 6.93. The van der Waals surface area contributed by atoms with Gasteiger partial charge in [0.25, 0.3) is 5.91 Å². The maximum absolute atomic E-state index is 14.0. The van der Waals surface area contributed by atoms with Gasteiger partial charge in [-0.25, -0.2) is 17.9 Å². The molecule has 0 bridgehead atoms. The first-order valence-corrected chi connectivity index (χ1v) is 9.34. The van der Waals surface area contributed by atoms with Crippen molar-refractivity contribution >= 4 is 11.6 Å². The van der Waals surface area contributed by atoms with Crippen LogP contribution in [0.2, 0.25) is 0 Å². The van der Waals surface area contributed by atoms with Gasteiger partial charge < -0.3 is 10.6 Å². The highest BCUT2D eigenvalue weighted by Crippen LogP contribution is 2.31. The van der Waals surface area contributed by atoms with E-state index in [4.69, 9.17) is 0 Å². The van der Waals surface area contributed by atoms with E-state index in [0.29, 0.717) is 11.4 Å². The molecule has 1 aliphatic rings. The minimum atomic E-state index is -0.728. The first-order valence-electron chi connectivity index (χ1n) is 9.34. The van der Waals surface area contributed by atoms with Crippen LogP contribution >= 0.6 is 0 Å². The van der Waals surface area contributed by atoms with E-state index in [2.05, 4.69) is 15.7 Å². The molecule has 0 unspecified atom stereocenters. The first kappa shape index (κ1) is 19.2. The largest absolute Gasteiger partial charge is 0.319 e.